The lowest BCUT2D eigenvalue weighted by Crippen LogP contribution is -2.49. The Morgan fingerprint density at radius 1 is 1.11 bits per heavy atom. The molecule has 0 aliphatic rings. The van der Waals surface area contributed by atoms with Crippen molar-refractivity contribution in [1.82, 2.24) is 9.62 Å². The Morgan fingerprint density at radius 3 is 1.83 bits per heavy atom. The number of nitrogens with one attached hydrogen (secondary N) is 1. The van der Waals surface area contributed by atoms with E-state index < -0.39 is 21.0 Å². The lowest BCUT2D eigenvalue weighted by molar-refractivity contribution is -0.128. The van der Waals surface area contributed by atoms with Gasteiger partial charge in [-0.25, -0.2) is 8.42 Å². The van der Waals surface area contributed by atoms with Crippen molar-refractivity contribution in [3.8, 4) is 0 Å². The van der Waals surface area contributed by atoms with E-state index in [2.05, 4.69) is 5.32 Å². The largest absolute Gasteiger partial charge is 0.354 e. The second-order valence-corrected chi connectivity index (χ2v) is 8.42. The van der Waals surface area contributed by atoms with Crippen molar-refractivity contribution >= 4 is 15.9 Å². The van der Waals surface area contributed by atoms with Crippen LogP contribution in [-0.4, -0.2) is 43.5 Å². The molecule has 1 amide bonds. The molecular weight excluding hydrogens is 252 g/mol. The monoisotopic (exact) mass is 278 g/mol. The predicted molar refractivity (Wildman–Crippen MR) is 73.8 cm³/mol. The van der Waals surface area contributed by atoms with Crippen LogP contribution in [0, 0.1) is 5.41 Å². The number of nitrogens with zero attached hydrogens (tertiary/aromatic N) is 1. The molecule has 0 saturated carbocycles. The van der Waals surface area contributed by atoms with Crippen molar-refractivity contribution in [2.24, 2.45) is 5.41 Å². The van der Waals surface area contributed by atoms with Gasteiger partial charge in [-0.15, -0.1) is 0 Å². The maximum atomic E-state index is 11.7. The van der Waals surface area contributed by atoms with E-state index in [9.17, 15) is 13.2 Å². The molecule has 0 spiro atoms. The average molecular weight is 278 g/mol. The SMILES string of the molecule is CC(C)(C)C(=O)NCCN(C(C)(C)C)S(C)(=O)=O. The molecule has 5 nitrogen and oxygen atoms in total. The lowest BCUT2D eigenvalue weighted by atomic mass is 9.96. The molecule has 0 bridgehead atoms. The number of carbonyl (C=O) groups excluding carboxylic acids is 1. The molecule has 0 unspecified atom stereocenters. The van der Waals surface area contributed by atoms with Crippen molar-refractivity contribution in [1.29, 1.82) is 0 Å². The molecule has 0 radical (unpaired) electrons. The summed E-state index contributed by atoms with van der Waals surface area (Å²) in [7, 11) is -3.27. The summed E-state index contributed by atoms with van der Waals surface area (Å²) in [6.07, 6.45) is 1.18. The highest BCUT2D eigenvalue weighted by Gasteiger charge is 2.29. The Hall–Kier alpha value is -0.620. The van der Waals surface area contributed by atoms with Crippen LogP contribution in [0.25, 0.3) is 0 Å². The number of carbonyl (C=O) groups is 1. The summed E-state index contributed by atoms with van der Waals surface area (Å²) in [6.45, 7) is 11.6. The van der Waals surface area contributed by atoms with Gasteiger partial charge >= 0.3 is 0 Å². The fourth-order valence-electron chi connectivity index (χ4n) is 1.53. The fraction of sp³-hybridized carbons (Fsp3) is 0.917. The molecule has 0 saturated heterocycles. The van der Waals surface area contributed by atoms with Gasteiger partial charge in [-0.3, -0.25) is 4.79 Å². The van der Waals surface area contributed by atoms with Gasteiger partial charge in [-0.05, 0) is 20.8 Å². The van der Waals surface area contributed by atoms with E-state index in [0.29, 0.717) is 6.54 Å². The van der Waals surface area contributed by atoms with Gasteiger partial charge in [0.2, 0.25) is 15.9 Å². The van der Waals surface area contributed by atoms with Crippen LogP contribution in [0.2, 0.25) is 0 Å². The molecule has 1 N–H and O–H groups in total. The van der Waals surface area contributed by atoms with Crippen molar-refractivity contribution in [2.45, 2.75) is 47.1 Å². The first-order valence-corrected chi connectivity index (χ1v) is 7.87. The minimum atomic E-state index is -3.27. The van der Waals surface area contributed by atoms with E-state index in [1.165, 1.54) is 10.6 Å². The van der Waals surface area contributed by atoms with Crippen molar-refractivity contribution in [2.75, 3.05) is 19.3 Å². The zero-order valence-corrected chi connectivity index (χ0v) is 13.3. The molecule has 0 aromatic carbocycles. The van der Waals surface area contributed by atoms with E-state index in [4.69, 9.17) is 0 Å². The third-order valence-corrected chi connectivity index (χ3v) is 3.96. The van der Waals surface area contributed by atoms with Gasteiger partial charge in [-0.2, -0.15) is 4.31 Å². The summed E-state index contributed by atoms with van der Waals surface area (Å²) in [5.74, 6) is -0.0788. The molecule has 0 fully saturated rings. The van der Waals surface area contributed by atoms with E-state index in [1.807, 2.05) is 41.5 Å². The Morgan fingerprint density at radius 2 is 1.56 bits per heavy atom. The van der Waals surface area contributed by atoms with Crippen LogP contribution in [-0.2, 0) is 14.8 Å². The first-order valence-electron chi connectivity index (χ1n) is 6.02. The number of sulfonamides is 1. The second kappa shape index (κ2) is 5.57. The first kappa shape index (κ1) is 17.4. The molecule has 0 rings (SSSR count). The summed E-state index contributed by atoms with van der Waals surface area (Å²) < 4.78 is 24.7. The molecule has 6 heteroatoms. The summed E-state index contributed by atoms with van der Waals surface area (Å²) >= 11 is 0. The Kier molecular flexibility index (Phi) is 5.38. The predicted octanol–water partition coefficient (Wildman–Crippen LogP) is 1.21. The smallest absolute Gasteiger partial charge is 0.225 e. The van der Waals surface area contributed by atoms with Gasteiger partial charge in [0.15, 0.2) is 0 Å². The topological polar surface area (TPSA) is 66.5 Å². The van der Waals surface area contributed by atoms with Crippen LogP contribution >= 0.6 is 0 Å². The number of amides is 1. The van der Waals surface area contributed by atoms with Gasteiger partial charge in [0.25, 0.3) is 0 Å². The van der Waals surface area contributed by atoms with Crippen LogP contribution in [0.15, 0.2) is 0 Å². The molecule has 0 aromatic rings. The zero-order chi connectivity index (χ0) is 14.8. The molecule has 0 aromatic heterocycles. The first-order chi connectivity index (χ1) is 7.76. The van der Waals surface area contributed by atoms with E-state index >= 15 is 0 Å². The molecule has 0 atom stereocenters. The van der Waals surface area contributed by atoms with Crippen molar-refractivity contribution in [3.63, 3.8) is 0 Å². The molecule has 0 aliphatic heterocycles. The Labute approximate surface area is 111 Å². The lowest BCUT2D eigenvalue weighted by Gasteiger charge is -2.33. The van der Waals surface area contributed by atoms with Crippen LogP contribution in [0.3, 0.4) is 0 Å². The normalized spacial score (nSPS) is 13.8. The van der Waals surface area contributed by atoms with Crippen molar-refractivity contribution in [3.05, 3.63) is 0 Å². The van der Waals surface area contributed by atoms with Gasteiger partial charge in [0.05, 0.1) is 6.26 Å². The highest BCUT2D eigenvalue weighted by Crippen LogP contribution is 2.16. The third-order valence-electron chi connectivity index (χ3n) is 2.43. The third kappa shape index (κ3) is 5.82. The summed E-state index contributed by atoms with van der Waals surface area (Å²) in [6, 6.07) is 0. The molecule has 0 heterocycles. The Balaban J connectivity index is 4.55. The van der Waals surface area contributed by atoms with Gasteiger partial charge in [0.1, 0.15) is 0 Å². The van der Waals surface area contributed by atoms with Gasteiger partial charge < -0.3 is 5.32 Å². The number of hydrogen-bond acceptors (Lipinski definition) is 3. The summed E-state index contributed by atoms with van der Waals surface area (Å²) in [5.41, 5.74) is -0.947. The van der Waals surface area contributed by atoms with E-state index in [-0.39, 0.29) is 12.5 Å². The van der Waals surface area contributed by atoms with Crippen LogP contribution in [0.1, 0.15) is 41.5 Å². The van der Waals surface area contributed by atoms with E-state index in [1.54, 1.807) is 0 Å². The van der Waals surface area contributed by atoms with E-state index in [0.717, 1.165) is 0 Å². The Bertz CT molecular complexity index is 389. The maximum absolute atomic E-state index is 11.7. The van der Waals surface area contributed by atoms with Crippen LogP contribution < -0.4 is 5.32 Å². The minimum Gasteiger partial charge on any atom is -0.354 e. The second-order valence-electron chi connectivity index (χ2n) is 6.51. The highest BCUT2D eigenvalue weighted by molar-refractivity contribution is 7.88. The quantitative estimate of drug-likeness (QED) is 0.840. The minimum absolute atomic E-state index is 0.0788. The van der Waals surface area contributed by atoms with Crippen LogP contribution in [0.5, 0.6) is 0 Å². The number of rotatable bonds is 4. The van der Waals surface area contributed by atoms with Gasteiger partial charge in [0, 0.05) is 24.0 Å². The molecule has 18 heavy (non-hydrogen) atoms. The summed E-state index contributed by atoms with van der Waals surface area (Å²) in [4.78, 5) is 11.7. The molecular formula is C12H26N2O3S. The fourth-order valence-corrected chi connectivity index (χ4v) is 2.95. The zero-order valence-electron chi connectivity index (χ0n) is 12.5. The van der Waals surface area contributed by atoms with Crippen molar-refractivity contribution < 1.29 is 13.2 Å². The molecule has 108 valence electrons. The maximum Gasteiger partial charge on any atom is 0.225 e. The average Bonchev–Trinajstić information content (AvgIpc) is 2.05. The highest BCUT2D eigenvalue weighted by atomic mass is 32.2. The standard InChI is InChI=1S/C12H26N2O3S/c1-11(2,3)10(15)13-8-9-14(12(4,5)6)18(7,16)17/h8-9H2,1-7H3,(H,13,15). The summed E-state index contributed by atoms with van der Waals surface area (Å²) in [5, 5.41) is 2.75. The molecule has 0 aliphatic carbocycles. The van der Waals surface area contributed by atoms with Gasteiger partial charge in [-0.1, -0.05) is 20.8 Å². The number of hydrogen-bond donors (Lipinski definition) is 1. The van der Waals surface area contributed by atoms with Crippen LogP contribution in [0.4, 0.5) is 0 Å².